The summed E-state index contributed by atoms with van der Waals surface area (Å²) in [6.45, 7) is 5.51. The molecule has 0 aromatic carbocycles. The van der Waals surface area contributed by atoms with Gasteiger partial charge >= 0.3 is 0 Å². The molecule has 0 bridgehead atoms. The van der Waals surface area contributed by atoms with Crippen molar-refractivity contribution in [3.8, 4) is 0 Å². The Morgan fingerprint density at radius 2 is 1.71 bits per heavy atom. The molecule has 2 fully saturated rings. The predicted octanol–water partition coefficient (Wildman–Crippen LogP) is 1.91. The van der Waals surface area contributed by atoms with E-state index >= 15 is 0 Å². The van der Waals surface area contributed by atoms with Crippen LogP contribution >= 0.6 is 0 Å². The molecule has 0 unspecified atom stereocenters. The number of fused-ring (bicyclic) bond motifs is 3. The van der Waals surface area contributed by atoms with E-state index in [1.807, 2.05) is 11.0 Å². The number of hydrogen-bond donors (Lipinski definition) is 0. The van der Waals surface area contributed by atoms with Gasteiger partial charge in [-0.2, -0.15) is 0 Å². The van der Waals surface area contributed by atoms with Crippen LogP contribution < -0.4 is 9.80 Å². The number of piperidine rings is 1. The maximum absolute atomic E-state index is 13.4. The number of piperazine rings is 1. The molecule has 2 saturated heterocycles. The van der Waals surface area contributed by atoms with Gasteiger partial charge in [0.1, 0.15) is 12.2 Å². The molecule has 10 nitrogen and oxygen atoms in total. The van der Waals surface area contributed by atoms with Gasteiger partial charge in [-0.1, -0.05) is 6.42 Å². The van der Waals surface area contributed by atoms with Crippen molar-refractivity contribution in [2.45, 2.75) is 45.1 Å². The first-order valence-electron chi connectivity index (χ1n) is 12.5. The lowest BCUT2D eigenvalue weighted by molar-refractivity contribution is -0.136. The standard InChI is InChI=1S/C24H31N9O/c34-23(30-12-14-31(15-13-30)24-25-8-5-9-26-24)18-6-4-10-32(16-18)21-20-22(28-17-27-21)33-11-3-1-2-7-19(33)29-20/h5,8-9,17-18H,1-4,6-7,10-16H2/t18-/m0/s1. The Morgan fingerprint density at radius 1 is 0.853 bits per heavy atom. The van der Waals surface area contributed by atoms with Crippen LogP contribution in [0.3, 0.4) is 0 Å². The summed E-state index contributed by atoms with van der Waals surface area (Å²) in [5.41, 5.74) is 1.83. The normalized spacial score (nSPS) is 21.4. The lowest BCUT2D eigenvalue weighted by Crippen LogP contribution is -2.53. The third-order valence-corrected chi connectivity index (χ3v) is 7.37. The van der Waals surface area contributed by atoms with Crippen molar-refractivity contribution >= 4 is 28.8 Å². The maximum atomic E-state index is 13.4. The fraction of sp³-hybridized carbons (Fsp3) is 0.583. The first-order chi connectivity index (χ1) is 16.8. The van der Waals surface area contributed by atoms with Crippen molar-refractivity contribution < 1.29 is 4.79 Å². The Morgan fingerprint density at radius 3 is 2.56 bits per heavy atom. The molecular weight excluding hydrogens is 430 g/mol. The first kappa shape index (κ1) is 21.2. The zero-order chi connectivity index (χ0) is 22.9. The Bertz CT molecular complexity index is 1160. The Balaban J connectivity index is 1.16. The topological polar surface area (TPSA) is 96.2 Å². The van der Waals surface area contributed by atoms with Gasteiger partial charge in [-0.25, -0.2) is 24.9 Å². The first-order valence-corrected chi connectivity index (χ1v) is 12.5. The van der Waals surface area contributed by atoms with E-state index in [0.29, 0.717) is 19.6 Å². The van der Waals surface area contributed by atoms with Gasteiger partial charge in [-0.15, -0.1) is 0 Å². The van der Waals surface area contributed by atoms with Crippen molar-refractivity contribution in [3.05, 3.63) is 30.6 Å². The SMILES string of the molecule is O=C([C@H]1CCCN(c2ncnc3c2nc2n3CCCCC2)C1)N1CCN(c2ncccn2)CC1. The number of carbonyl (C=O) groups excluding carboxylic acids is 1. The third kappa shape index (κ3) is 3.95. The van der Waals surface area contributed by atoms with Crippen LogP contribution in [-0.2, 0) is 17.8 Å². The maximum Gasteiger partial charge on any atom is 0.227 e. The van der Waals surface area contributed by atoms with Crippen LogP contribution in [0, 0.1) is 5.92 Å². The minimum atomic E-state index is -0.0151. The Labute approximate surface area is 199 Å². The monoisotopic (exact) mass is 461 g/mol. The van der Waals surface area contributed by atoms with Gasteiger partial charge in [-0.05, 0) is 31.7 Å². The van der Waals surface area contributed by atoms with Gasteiger partial charge in [0.25, 0.3) is 0 Å². The summed E-state index contributed by atoms with van der Waals surface area (Å²) >= 11 is 0. The van der Waals surface area contributed by atoms with Crippen molar-refractivity contribution in [2.75, 3.05) is 49.1 Å². The average molecular weight is 462 g/mol. The van der Waals surface area contributed by atoms with Crippen LogP contribution in [0.4, 0.5) is 11.8 Å². The number of aryl methyl sites for hydroxylation is 2. The highest BCUT2D eigenvalue weighted by Gasteiger charge is 2.33. The molecule has 34 heavy (non-hydrogen) atoms. The minimum absolute atomic E-state index is 0.0151. The number of carbonyl (C=O) groups is 1. The number of rotatable bonds is 3. The number of amides is 1. The van der Waals surface area contributed by atoms with Gasteiger partial charge in [-0.3, -0.25) is 4.79 Å². The van der Waals surface area contributed by atoms with Gasteiger partial charge in [0.15, 0.2) is 17.0 Å². The average Bonchev–Trinajstić information content (AvgIpc) is 3.09. The molecule has 3 aliphatic heterocycles. The minimum Gasteiger partial charge on any atom is -0.354 e. The lowest BCUT2D eigenvalue weighted by atomic mass is 9.96. The number of hydrogen-bond acceptors (Lipinski definition) is 8. The summed E-state index contributed by atoms with van der Waals surface area (Å²) in [5.74, 6) is 2.99. The smallest absolute Gasteiger partial charge is 0.227 e. The molecule has 3 aromatic heterocycles. The second-order valence-corrected chi connectivity index (χ2v) is 9.51. The fourth-order valence-electron chi connectivity index (χ4n) is 5.57. The fourth-order valence-corrected chi connectivity index (χ4v) is 5.57. The van der Waals surface area contributed by atoms with Crippen LogP contribution in [-0.4, -0.2) is 79.6 Å². The number of aromatic nitrogens is 6. The highest BCUT2D eigenvalue weighted by molar-refractivity contribution is 5.85. The summed E-state index contributed by atoms with van der Waals surface area (Å²) in [4.78, 5) is 42.7. The molecular formula is C24H31N9O. The second-order valence-electron chi connectivity index (χ2n) is 9.51. The van der Waals surface area contributed by atoms with E-state index in [-0.39, 0.29) is 11.8 Å². The molecule has 0 spiro atoms. The van der Waals surface area contributed by atoms with E-state index in [9.17, 15) is 4.79 Å². The summed E-state index contributed by atoms with van der Waals surface area (Å²) in [6, 6.07) is 1.82. The van der Waals surface area contributed by atoms with Crippen molar-refractivity contribution in [3.63, 3.8) is 0 Å². The summed E-state index contributed by atoms with van der Waals surface area (Å²) < 4.78 is 2.27. The molecule has 0 N–H and O–H groups in total. The van der Waals surface area contributed by atoms with Gasteiger partial charge < -0.3 is 19.3 Å². The van der Waals surface area contributed by atoms with E-state index in [4.69, 9.17) is 4.98 Å². The highest BCUT2D eigenvalue weighted by atomic mass is 16.2. The van der Waals surface area contributed by atoms with Crippen LogP contribution in [0.2, 0.25) is 0 Å². The number of imidazole rings is 1. The Hall–Kier alpha value is -3.30. The number of anilines is 2. The van der Waals surface area contributed by atoms with E-state index in [0.717, 1.165) is 74.2 Å². The van der Waals surface area contributed by atoms with Gasteiger partial charge in [0.05, 0.1) is 5.92 Å². The molecule has 6 rings (SSSR count). The summed E-state index contributed by atoms with van der Waals surface area (Å²) in [7, 11) is 0. The molecule has 0 saturated carbocycles. The number of nitrogens with zero attached hydrogens (tertiary/aromatic N) is 9. The molecule has 1 amide bonds. The summed E-state index contributed by atoms with van der Waals surface area (Å²) in [5, 5.41) is 0. The van der Waals surface area contributed by atoms with Crippen molar-refractivity contribution in [1.29, 1.82) is 0 Å². The summed E-state index contributed by atoms with van der Waals surface area (Å²) in [6.07, 6.45) is 11.7. The van der Waals surface area contributed by atoms with Crippen LogP contribution in [0.5, 0.6) is 0 Å². The largest absolute Gasteiger partial charge is 0.354 e. The quantitative estimate of drug-likeness (QED) is 0.584. The highest BCUT2D eigenvalue weighted by Crippen LogP contribution is 2.30. The van der Waals surface area contributed by atoms with Gasteiger partial charge in [0, 0.05) is 64.6 Å². The van der Waals surface area contributed by atoms with Crippen LogP contribution in [0.15, 0.2) is 24.8 Å². The molecule has 1 atom stereocenters. The predicted molar refractivity (Wildman–Crippen MR) is 129 cm³/mol. The van der Waals surface area contributed by atoms with E-state index in [2.05, 4.69) is 34.3 Å². The van der Waals surface area contributed by atoms with E-state index in [1.54, 1.807) is 18.7 Å². The molecule has 10 heteroatoms. The zero-order valence-electron chi connectivity index (χ0n) is 19.5. The lowest BCUT2D eigenvalue weighted by Gasteiger charge is -2.39. The molecule has 3 aliphatic rings. The van der Waals surface area contributed by atoms with Crippen molar-refractivity contribution in [1.82, 2.24) is 34.4 Å². The second kappa shape index (κ2) is 9.15. The zero-order valence-corrected chi connectivity index (χ0v) is 19.5. The molecule has 6 heterocycles. The van der Waals surface area contributed by atoms with Gasteiger partial charge in [0.2, 0.25) is 11.9 Å². The molecule has 0 aliphatic carbocycles. The van der Waals surface area contributed by atoms with Crippen LogP contribution in [0.25, 0.3) is 11.2 Å². The Kier molecular flexibility index (Phi) is 5.72. The molecule has 0 radical (unpaired) electrons. The van der Waals surface area contributed by atoms with Crippen molar-refractivity contribution in [2.24, 2.45) is 5.92 Å². The molecule has 178 valence electrons. The van der Waals surface area contributed by atoms with Crippen LogP contribution in [0.1, 0.15) is 37.9 Å². The molecule has 3 aromatic rings. The van der Waals surface area contributed by atoms with E-state index in [1.165, 1.54) is 19.3 Å². The third-order valence-electron chi connectivity index (χ3n) is 7.37. The van der Waals surface area contributed by atoms with E-state index < -0.39 is 0 Å².